The molecule has 60 heavy (non-hydrogen) atoms. The summed E-state index contributed by atoms with van der Waals surface area (Å²) < 4.78 is 0. The highest BCUT2D eigenvalue weighted by atomic mass is 14.6. The van der Waals surface area contributed by atoms with Crippen molar-refractivity contribution >= 4 is 291 Å². The number of hydrogen-bond donors (Lipinski definition) is 0. The average Bonchev–Trinajstić information content (AvgIpc) is 4.09. The summed E-state index contributed by atoms with van der Waals surface area (Å²) in [5.41, 5.74) is 6.91. The Kier molecular flexibility index (Phi) is 1.50. The first-order chi connectivity index (χ1) is 30.0. The van der Waals surface area contributed by atoms with Gasteiger partial charge < -0.3 is 0 Å². The van der Waals surface area contributed by atoms with E-state index in [0.717, 1.165) is 0 Å². The van der Waals surface area contributed by atoms with Crippen LogP contribution in [0.15, 0.2) is 0 Å². The van der Waals surface area contributed by atoms with Crippen LogP contribution < -0.4 is 0 Å². The van der Waals surface area contributed by atoms with Gasteiger partial charge in [-0.05, 0) is 313 Å². The van der Waals surface area contributed by atoms with Crippen molar-refractivity contribution < 1.29 is 0 Å². The fourth-order valence-electron chi connectivity index (χ4n) is 22.8. The highest BCUT2D eigenvalue weighted by Crippen LogP contribution is 2.82. The Balaban J connectivity index is 1.34. The number of hydrogen-bond acceptors (Lipinski definition) is 0. The van der Waals surface area contributed by atoms with Crippen molar-refractivity contribution in [3.63, 3.8) is 0 Å². The molecular weight excluding hydrogens is 721 g/mol. The smallest absolute Gasteiger partial charge is 0.0221 e. The van der Waals surface area contributed by atoms with E-state index in [4.69, 9.17) is 0 Å². The predicted octanol–water partition coefficient (Wildman–Crippen LogP) is 16.8. The monoisotopic (exact) mass is 721 g/mol. The molecule has 0 unspecified atom stereocenters. The third-order valence-electron chi connectivity index (χ3n) is 22.7. The molecule has 0 spiro atoms. The highest BCUT2D eigenvalue weighted by molar-refractivity contribution is 6.82. The molecule has 0 N–H and O–H groups in total. The molecule has 32 rings (SSSR count). The van der Waals surface area contributed by atoms with Gasteiger partial charge in [0.2, 0.25) is 0 Å². The maximum absolute atomic E-state index is 1.75. The second kappa shape index (κ2) is 4.41. The van der Waals surface area contributed by atoms with Crippen molar-refractivity contribution in [2.75, 3.05) is 0 Å². The average molecular weight is 722 g/mol. The molecule has 0 aliphatic heterocycles. The first kappa shape index (κ1) is 20.4. The van der Waals surface area contributed by atoms with Gasteiger partial charge in [-0.15, -0.1) is 0 Å². The Labute approximate surface area is 323 Å². The van der Waals surface area contributed by atoms with Crippen molar-refractivity contribution in [3.05, 3.63) is 28.2 Å². The van der Waals surface area contributed by atoms with Gasteiger partial charge in [-0.2, -0.15) is 0 Å². The van der Waals surface area contributed by atoms with Crippen LogP contribution in [0.4, 0.5) is 0 Å². The van der Waals surface area contributed by atoms with Gasteiger partial charge in [0.1, 0.15) is 0 Å². The van der Waals surface area contributed by atoms with Gasteiger partial charge in [0.25, 0.3) is 0 Å². The maximum atomic E-state index is 1.75. The van der Waals surface area contributed by atoms with Gasteiger partial charge in [-0.1, -0.05) is 0 Å². The van der Waals surface area contributed by atoms with E-state index in [1.807, 2.05) is 0 Å². The minimum absolute atomic E-state index is 0.343. The lowest BCUT2D eigenvalue weighted by Gasteiger charge is -2.33. The van der Waals surface area contributed by atoms with Crippen molar-refractivity contribution in [1.82, 2.24) is 0 Å². The SMILES string of the molecule is [C]12c3c4c5c6c7c8c(c9c%10c1c1c3c3c%11c4c4c5c5c7c7c%12c8c8c9c9c%10c%10c1c1c3c3c%11c%11c4c4c5c7c5c7c%12c8c8c9c9c%10c1c1c3c3c%11c4c5c4c7c8c9c1c34)C26. The molecule has 4 aliphatic rings. The fourth-order valence-corrected chi connectivity index (χ4v) is 22.8. The molecule has 0 atom stereocenters. The van der Waals surface area contributed by atoms with E-state index in [-0.39, 0.29) is 0 Å². The van der Waals surface area contributed by atoms with Crippen LogP contribution in [0, 0.1) is 5.92 Å². The predicted molar refractivity (Wildman–Crippen MR) is 256 cm³/mol. The number of benzene rings is 18. The highest BCUT2D eigenvalue weighted by Gasteiger charge is 2.57. The zero-order valence-corrected chi connectivity index (χ0v) is 30.1. The largest absolute Gasteiger partial charge is 0.0485 e. The second-order valence-electron chi connectivity index (χ2n) is 22.7. The first-order valence-electron chi connectivity index (χ1n) is 22.6. The zero-order valence-electron chi connectivity index (χ0n) is 30.1. The Hall–Kier alpha value is -7.54. The molecule has 241 valence electrons. The van der Waals surface area contributed by atoms with Gasteiger partial charge in [-0.3, -0.25) is 0 Å². The van der Waals surface area contributed by atoms with Crippen LogP contribution in [0.2, 0.25) is 0 Å². The molecule has 0 fully saturated rings. The molecule has 0 bridgehead atoms. The maximum Gasteiger partial charge on any atom is 0.0485 e. The van der Waals surface area contributed by atoms with E-state index in [9.17, 15) is 0 Å². The van der Waals surface area contributed by atoms with Crippen LogP contribution in [0.1, 0.15) is 28.2 Å². The van der Waals surface area contributed by atoms with E-state index in [1.165, 1.54) is 0 Å². The lowest BCUT2D eigenvalue weighted by molar-refractivity contribution is 0.926. The summed E-state index contributed by atoms with van der Waals surface area (Å²) in [6.45, 7) is 0. The van der Waals surface area contributed by atoms with Crippen molar-refractivity contribution in [2.45, 2.75) is 5.92 Å². The third kappa shape index (κ3) is 0.994. The quantitative estimate of drug-likeness (QED) is 0.137. The second-order valence-corrected chi connectivity index (χ2v) is 22.7. The summed E-state index contributed by atoms with van der Waals surface area (Å²) in [7, 11) is 0. The van der Waals surface area contributed by atoms with Crippen LogP contribution in [0.3, 0.4) is 0 Å². The van der Waals surface area contributed by atoms with Gasteiger partial charge in [0, 0.05) is 11.8 Å². The van der Waals surface area contributed by atoms with E-state index in [2.05, 4.69) is 0 Å². The standard InChI is InChI=1S/C60H/c1-2-5-6-3(1)8-12-10-4(1)9-11-7(2)17-21-13(5)23-24-14(6)22-18(8)28-20(12)30-26-16(10)15(9)25-29-19(11)27(17)37-41-31(21)33(23)43-44-34(24)32(22)42-38(28)48-40(30)46-36(26)35(25)45-39(29)47(37)55-49(41)51(43)57-52(44)50(42)56(48)59-54(46)53(45)58(55)60(57)59/h1H. The van der Waals surface area contributed by atoms with Gasteiger partial charge in [-0.25, -0.2) is 0 Å². The minimum atomic E-state index is 0.343. The summed E-state index contributed by atoms with van der Waals surface area (Å²) in [5.74, 6) is 2.09. The van der Waals surface area contributed by atoms with Crippen LogP contribution in [0.25, 0.3) is 291 Å². The molecular formula is C60H. The van der Waals surface area contributed by atoms with E-state index < -0.39 is 0 Å². The normalized spacial score (nSPS) is 19.2. The minimum Gasteiger partial charge on any atom is -0.0221 e. The topological polar surface area (TPSA) is 0 Å². The van der Waals surface area contributed by atoms with Crippen molar-refractivity contribution in [1.29, 1.82) is 0 Å². The Bertz CT molecular complexity index is 6160. The van der Waals surface area contributed by atoms with E-state index in [1.54, 1.807) is 319 Å². The van der Waals surface area contributed by atoms with Crippen molar-refractivity contribution in [2.24, 2.45) is 0 Å². The van der Waals surface area contributed by atoms with E-state index in [0.29, 0.717) is 5.92 Å². The summed E-state index contributed by atoms with van der Waals surface area (Å²) in [6, 6.07) is 0. The van der Waals surface area contributed by atoms with Crippen LogP contribution in [-0.2, 0) is 0 Å². The summed E-state index contributed by atoms with van der Waals surface area (Å²) in [4.78, 5) is 0. The van der Waals surface area contributed by atoms with Crippen LogP contribution in [0.5, 0.6) is 0 Å². The Morgan fingerprint density at radius 1 is 0.117 bits per heavy atom. The lowest BCUT2D eigenvalue weighted by atomic mass is 9.68. The van der Waals surface area contributed by atoms with Gasteiger partial charge >= 0.3 is 0 Å². The molecule has 0 nitrogen and oxygen atoms in total. The molecule has 0 aromatic heterocycles. The van der Waals surface area contributed by atoms with Gasteiger partial charge in [0.05, 0.1) is 0 Å². The van der Waals surface area contributed by atoms with Crippen LogP contribution >= 0.6 is 0 Å². The van der Waals surface area contributed by atoms with Crippen molar-refractivity contribution in [3.8, 4) is 0 Å². The summed E-state index contributed by atoms with van der Waals surface area (Å²) >= 11 is 0. The molecule has 1 radical (unpaired) electrons. The Morgan fingerprint density at radius 3 is 0.417 bits per heavy atom. The van der Waals surface area contributed by atoms with E-state index >= 15 is 0 Å². The molecule has 0 amide bonds. The number of rotatable bonds is 0. The lowest BCUT2D eigenvalue weighted by Crippen LogP contribution is -2.17. The van der Waals surface area contributed by atoms with Gasteiger partial charge in [0.15, 0.2) is 0 Å². The molecule has 4 aliphatic carbocycles. The fraction of sp³-hybridized carbons (Fsp3) is 0.0167. The van der Waals surface area contributed by atoms with Crippen LogP contribution in [-0.4, -0.2) is 0 Å². The molecule has 0 heteroatoms. The molecule has 28 aromatic carbocycles. The molecule has 0 heterocycles. The molecule has 28 aromatic rings. The molecule has 0 saturated carbocycles. The first-order valence-corrected chi connectivity index (χ1v) is 22.6. The Morgan fingerprint density at radius 2 is 0.233 bits per heavy atom. The summed E-state index contributed by atoms with van der Waals surface area (Å²) in [6.07, 6.45) is 0. The summed E-state index contributed by atoms with van der Waals surface area (Å²) in [5, 5.41) is 90.7. The molecule has 0 saturated heterocycles. The third-order valence-corrected chi connectivity index (χ3v) is 22.7. The zero-order chi connectivity index (χ0) is 34.6.